The summed E-state index contributed by atoms with van der Waals surface area (Å²) in [6.45, 7) is 7.67. The Morgan fingerprint density at radius 1 is 0.938 bits per heavy atom. The van der Waals surface area contributed by atoms with Crippen LogP contribution in [0.25, 0.3) is 10.8 Å². The van der Waals surface area contributed by atoms with Crippen molar-refractivity contribution in [2.45, 2.75) is 26.8 Å². The Kier molecular flexibility index (Phi) is 8.33. The molecule has 0 fully saturated rings. The van der Waals surface area contributed by atoms with Crippen LogP contribution >= 0.6 is 0 Å². The zero-order valence-electron chi connectivity index (χ0n) is 18.4. The maximum atomic E-state index is 12.2. The molecule has 0 atom stereocenters. The van der Waals surface area contributed by atoms with Crippen LogP contribution in [-0.4, -0.2) is 41.6 Å². The fraction of sp³-hybridized carbons (Fsp3) is 0.280. The van der Waals surface area contributed by atoms with E-state index in [1.165, 1.54) is 40.6 Å². The van der Waals surface area contributed by atoms with Gasteiger partial charge < -0.3 is 0 Å². The summed E-state index contributed by atoms with van der Waals surface area (Å²) in [6, 6.07) is 18.7. The second-order valence-corrected chi connectivity index (χ2v) is 7.48. The number of rotatable bonds is 10. The van der Waals surface area contributed by atoms with E-state index in [2.05, 4.69) is 54.6 Å². The number of hydroxylamine groups is 2. The number of hydrogen-bond acceptors (Lipinski definition) is 5. The van der Waals surface area contributed by atoms with Crippen LogP contribution in [0.15, 0.2) is 60.7 Å². The van der Waals surface area contributed by atoms with Crippen LogP contribution in [0.5, 0.6) is 0 Å². The van der Waals surface area contributed by atoms with Crippen LogP contribution in [0.2, 0.25) is 0 Å². The number of nitrogens with one attached hydrogen (secondary N) is 2. The van der Waals surface area contributed by atoms with E-state index in [1.807, 2.05) is 6.07 Å². The van der Waals surface area contributed by atoms with Gasteiger partial charge in [-0.15, -0.1) is 0 Å². The third-order valence-corrected chi connectivity index (χ3v) is 5.48. The smallest absolute Gasteiger partial charge is 0.274 e. The molecule has 3 rings (SSSR count). The highest BCUT2D eigenvalue weighted by molar-refractivity contribution is 5.97. The first-order chi connectivity index (χ1) is 15.5. The van der Waals surface area contributed by atoms with Crippen molar-refractivity contribution in [3.8, 4) is 0 Å². The second kappa shape index (κ2) is 11.4. The predicted molar refractivity (Wildman–Crippen MR) is 123 cm³/mol. The highest BCUT2D eigenvalue weighted by atomic mass is 16.6. The lowest BCUT2D eigenvalue weighted by Crippen LogP contribution is -2.25. The van der Waals surface area contributed by atoms with Gasteiger partial charge in [-0.2, -0.15) is 0 Å². The summed E-state index contributed by atoms with van der Waals surface area (Å²) >= 11 is 0. The minimum Gasteiger partial charge on any atom is -0.300 e. The van der Waals surface area contributed by atoms with E-state index in [1.54, 1.807) is 5.48 Å². The van der Waals surface area contributed by atoms with Gasteiger partial charge in [-0.3, -0.25) is 24.5 Å². The molecule has 0 aliphatic carbocycles. The Hall–Kier alpha value is -3.26. The highest BCUT2D eigenvalue weighted by Crippen LogP contribution is 2.22. The SMILES string of the molecule is CCN(CC)Cc1ccc2c(CCONC(=O)c3ccc(C(=O)NO)cc3)cccc2c1. The van der Waals surface area contributed by atoms with Crippen molar-refractivity contribution < 1.29 is 19.6 Å². The second-order valence-electron chi connectivity index (χ2n) is 7.48. The van der Waals surface area contributed by atoms with E-state index in [9.17, 15) is 9.59 Å². The van der Waals surface area contributed by atoms with Gasteiger partial charge in [-0.05, 0) is 71.7 Å². The molecule has 0 bridgehead atoms. The maximum Gasteiger partial charge on any atom is 0.274 e. The molecule has 3 aromatic rings. The lowest BCUT2D eigenvalue weighted by molar-refractivity contribution is 0.0324. The molecule has 7 heteroatoms. The van der Waals surface area contributed by atoms with Crippen molar-refractivity contribution in [2.75, 3.05) is 19.7 Å². The number of amides is 2. The van der Waals surface area contributed by atoms with Crippen molar-refractivity contribution in [3.05, 3.63) is 82.9 Å². The molecule has 0 aliphatic heterocycles. The van der Waals surface area contributed by atoms with Gasteiger partial charge in [-0.25, -0.2) is 11.0 Å². The largest absolute Gasteiger partial charge is 0.300 e. The summed E-state index contributed by atoms with van der Waals surface area (Å²) in [4.78, 5) is 31.3. The van der Waals surface area contributed by atoms with E-state index in [-0.39, 0.29) is 5.56 Å². The van der Waals surface area contributed by atoms with Gasteiger partial charge in [0.1, 0.15) is 0 Å². The summed E-state index contributed by atoms with van der Waals surface area (Å²) in [5.74, 6) is -1.04. The molecule has 0 unspecified atom stereocenters. The molecule has 3 N–H and O–H groups in total. The first-order valence-electron chi connectivity index (χ1n) is 10.7. The van der Waals surface area contributed by atoms with Crippen molar-refractivity contribution >= 4 is 22.6 Å². The maximum absolute atomic E-state index is 12.2. The molecule has 0 aliphatic rings. The van der Waals surface area contributed by atoms with Gasteiger partial charge in [0.15, 0.2) is 0 Å². The van der Waals surface area contributed by atoms with E-state index in [0.29, 0.717) is 18.6 Å². The number of fused-ring (bicyclic) bond motifs is 1. The molecule has 0 aromatic heterocycles. The summed E-state index contributed by atoms with van der Waals surface area (Å²) in [7, 11) is 0. The fourth-order valence-electron chi connectivity index (χ4n) is 3.60. The van der Waals surface area contributed by atoms with Gasteiger partial charge in [0.25, 0.3) is 11.8 Å². The normalized spacial score (nSPS) is 11.0. The lowest BCUT2D eigenvalue weighted by atomic mass is 10.00. The van der Waals surface area contributed by atoms with E-state index in [0.717, 1.165) is 25.2 Å². The number of nitrogens with zero attached hydrogens (tertiary/aromatic N) is 1. The predicted octanol–water partition coefficient (Wildman–Crippen LogP) is 3.70. The van der Waals surface area contributed by atoms with Crippen molar-refractivity contribution in [3.63, 3.8) is 0 Å². The molecule has 2 amide bonds. The molecule has 0 radical (unpaired) electrons. The zero-order chi connectivity index (χ0) is 22.9. The summed E-state index contributed by atoms with van der Waals surface area (Å²) < 4.78 is 0. The molecular formula is C25H29N3O4. The van der Waals surface area contributed by atoms with Crippen LogP contribution in [0.3, 0.4) is 0 Å². The average Bonchev–Trinajstić information content (AvgIpc) is 2.84. The monoisotopic (exact) mass is 435 g/mol. The van der Waals surface area contributed by atoms with Gasteiger partial charge in [0.2, 0.25) is 0 Å². The molecule has 3 aromatic carbocycles. The third kappa shape index (κ3) is 5.91. The minimum absolute atomic E-state index is 0.251. The summed E-state index contributed by atoms with van der Waals surface area (Å²) in [5.41, 5.74) is 7.04. The van der Waals surface area contributed by atoms with Crippen LogP contribution in [-0.2, 0) is 17.8 Å². The third-order valence-electron chi connectivity index (χ3n) is 5.48. The Morgan fingerprint density at radius 3 is 2.28 bits per heavy atom. The first kappa shape index (κ1) is 23.4. The first-order valence-corrected chi connectivity index (χ1v) is 10.7. The average molecular weight is 436 g/mol. The topological polar surface area (TPSA) is 90.9 Å². The van der Waals surface area contributed by atoms with E-state index in [4.69, 9.17) is 10.0 Å². The van der Waals surface area contributed by atoms with Crippen LogP contribution in [0.4, 0.5) is 0 Å². The molecule has 0 heterocycles. The molecule has 0 spiro atoms. The van der Waals surface area contributed by atoms with E-state index >= 15 is 0 Å². The van der Waals surface area contributed by atoms with Gasteiger partial charge in [0.05, 0.1) is 6.61 Å². The van der Waals surface area contributed by atoms with Crippen LogP contribution < -0.4 is 11.0 Å². The Balaban J connectivity index is 1.55. The number of hydrogen-bond donors (Lipinski definition) is 3. The molecular weight excluding hydrogens is 406 g/mol. The summed E-state index contributed by atoms with van der Waals surface area (Å²) in [6.07, 6.45) is 0.655. The summed E-state index contributed by atoms with van der Waals surface area (Å²) in [5, 5.41) is 11.0. The fourth-order valence-corrected chi connectivity index (χ4v) is 3.60. The van der Waals surface area contributed by atoms with Gasteiger partial charge in [-0.1, -0.05) is 44.2 Å². The quantitative estimate of drug-likeness (QED) is 0.257. The minimum atomic E-state index is -0.636. The standard InChI is InChI=1S/C25H29N3O4/c1-3-28(4-2)17-18-8-13-23-19(6-5-7-22(23)16-18)14-15-32-27-25(30)21-11-9-20(10-12-21)24(29)26-31/h5-13,16,31H,3-4,14-15,17H2,1-2H3,(H,26,29)(H,27,30). The Bertz CT molecular complexity index is 1060. The van der Waals surface area contributed by atoms with Crippen LogP contribution in [0, 0.1) is 0 Å². The molecule has 32 heavy (non-hydrogen) atoms. The van der Waals surface area contributed by atoms with Crippen molar-refractivity contribution in [1.82, 2.24) is 15.9 Å². The molecule has 7 nitrogen and oxygen atoms in total. The van der Waals surface area contributed by atoms with Gasteiger partial charge >= 0.3 is 0 Å². The van der Waals surface area contributed by atoms with Crippen LogP contribution in [0.1, 0.15) is 45.7 Å². The highest BCUT2D eigenvalue weighted by Gasteiger charge is 2.09. The van der Waals surface area contributed by atoms with E-state index < -0.39 is 11.8 Å². The van der Waals surface area contributed by atoms with Gasteiger partial charge in [0, 0.05) is 17.7 Å². The number of carbonyl (C=O) groups is 2. The zero-order valence-corrected chi connectivity index (χ0v) is 18.4. The van der Waals surface area contributed by atoms with Crippen molar-refractivity contribution in [1.29, 1.82) is 0 Å². The number of carbonyl (C=O) groups excluding carboxylic acids is 2. The Morgan fingerprint density at radius 2 is 1.62 bits per heavy atom. The number of benzene rings is 3. The Labute approximate surface area is 187 Å². The van der Waals surface area contributed by atoms with Crippen molar-refractivity contribution in [2.24, 2.45) is 0 Å². The molecule has 0 saturated carbocycles. The molecule has 168 valence electrons. The molecule has 0 saturated heterocycles. The lowest BCUT2D eigenvalue weighted by Gasteiger charge is -2.18.